The lowest BCUT2D eigenvalue weighted by Gasteiger charge is -2.15. The van der Waals surface area contributed by atoms with Gasteiger partial charge in [0.15, 0.2) is 11.3 Å². The molecule has 3 atom stereocenters. The summed E-state index contributed by atoms with van der Waals surface area (Å²) in [5, 5.41) is 12.1. The highest BCUT2D eigenvalue weighted by Crippen LogP contribution is 2.41. The van der Waals surface area contributed by atoms with Crippen LogP contribution in [0, 0.1) is 12.8 Å². The van der Waals surface area contributed by atoms with E-state index >= 15 is 0 Å². The van der Waals surface area contributed by atoms with Crippen molar-refractivity contribution in [3.63, 3.8) is 0 Å². The summed E-state index contributed by atoms with van der Waals surface area (Å²) in [6, 6.07) is 6.03. The maximum Gasteiger partial charge on any atom is 0.220 e. The summed E-state index contributed by atoms with van der Waals surface area (Å²) in [6.07, 6.45) is 7.58. The molecule has 8 nitrogen and oxygen atoms in total. The van der Waals surface area contributed by atoms with Crippen LogP contribution in [-0.4, -0.2) is 36.5 Å². The predicted octanol–water partition coefficient (Wildman–Crippen LogP) is 3.53. The van der Waals surface area contributed by atoms with Gasteiger partial charge in [-0.25, -0.2) is 4.98 Å². The van der Waals surface area contributed by atoms with E-state index in [0.29, 0.717) is 18.8 Å². The number of aryl methyl sites for hydroxylation is 2. The monoisotopic (exact) mass is 406 g/mol. The first-order valence-electron chi connectivity index (χ1n) is 10.6. The Hall–Kier alpha value is -3.16. The Morgan fingerprint density at radius 1 is 1.30 bits per heavy atom. The van der Waals surface area contributed by atoms with E-state index in [1.165, 1.54) is 0 Å². The molecule has 0 spiro atoms. The number of aromatic nitrogens is 5. The van der Waals surface area contributed by atoms with Crippen molar-refractivity contribution in [1.29, 1.82) is 0 Å². The summed E-state index contributed by atoms with van der Waals surface area (Å²) in [7, 11) is 0. The average molecular weight is 406 g/mol. The summed E-state index contributed by atoms with van der Waals surface area (Å²) in [5.74, 6) is 3.49. The van der Waals surface area contributed by atoms with Crippen molar-refractivity contribution >= 4 is 22.7 Å². The lowest BCUT2D eigenvalue weighted by Crippen LogP contribution is -2.33. The first-order valence-corrected chi connectivity index (χ1v) is 10.6. The van der Waals surface area contributed by atoms with Crippen molar-refractivity contribution < 1.29 is 9.21 Å². The number of carbonyl (C=O) groups excluding carboxylic acids is 1. The lowest BCUT2D eigenvalue weighted by atomic mass is 9.93. The molecule has 0 unspecified atom stereocenters. The minimum Gasteiger partial charge on any atom is -0.466 e. The molecule has 0 saturated heterocycles. The fourth-order valence-corrected chi connectivity index (χ4v) is 4.80. The van der Waals surface area contributed by atoms with Gasteiger partial charge < -0.3 is 14.7 Å². The number of hydrogen-bond acceptors (Lipinski definition) is 5. The Labute approximate surface area is 174 Å². The maximum absolute atomic E-state index is 12.5. The van der Waals surface area contributed by atoms with Gasteiger partial charge in [0.05, 0.1) is 11.7 Å². The van der Waals surface area contributed by atoms with E-state index < -0.39 is 0 Å². The van der Waals surface area contributed by atoms with E-state index in [0.717, 1.165) is 53.4 Å². The number of nitrogens with zero attached hydrogens (tertiary/aromatic N) is 4. The van der Waals surface area contributed by atoms with Crippen molar-refractivity contribution in [2.45, 2.75) is 57.9 Å². The number of carbonyl (C=O) groups is 1. The molecule has 1 fully saturated rings. The summed E-state index contributed by atoms with van der Waals surface area (Å²) in [5.41, 5.74) is 2.57. The molecular formula is C22H26N6O2. The Morgan fingerprint density at radius 3 is 3.00 bits per heavy atom. The summed E-state index contributed by atoms with van der Waals surface area (Å²) in [6.45, 7) is 4.12. The minimum absolute atomic E-state index is 0.0767. The highest BCUT2D eigenvalue weighted by atomic mass is 16.3. The smallest absolute Gasteiger partial charge is 0.220 e. The first-order chi connectivity index (χ1) is 14.6. The van der Waals surface area contributed by atoms with E-state index in [9.17, 15) is 4.79 Å². The zero-order valence-corrected chi connectivity index (χ0v) is 17.3. The largest absolute Gasteiger partial charge is 0.466 e. The van der Waals surface area contributed by atoms with Crippen LogP contribution in [0.25, 0.3) is 16.8 Å². The van der Waals surface area contributed by atoms with Gasteiger partial charge in [0, 0.05) is 31.0 Å². The number of aromatic amines is 1. The second-order valence-electron chi connectivity index (χ2n) is 8.24. The van der Waals surface area contributed by atoms with E-state index in [2.05, 4.69) is 36.8 Å². The quantitative estimate of drug-likeness (QED) is 0.510. The zero-order chi connectivity index (χ0) is 20.7. The molecule has 1 amide bonds. The molecule has 1 saturated carbocycles. The van der Waals surface area contributed by atoms with Gasteiger partial charge in [-0.3, -0.25) is 9.20 Å². The zero-order valence-electron chi connectivity index (χ0n) is 17.3. The molecule has 30 heavy (non-hydrogen) atoms. The molecule has 2 N–H and O–H groups in total. The van der Waals surface area contributed by atoms with Crippen molar-refractivity contribution in [1.82, 2.24) is 29.9 Å². The molecule has 0 bridgehead atoms. The second kappa shape index (κ2) is 7.59. The molecule has 1 aliphatic rings. The van der Waals surface area contributed by atoms with E-state index in [-0.39, 0.29) is 17.9 Å². The van der Waals surface area contributed by atoms with Crippen LogP contribution in [0.2, 0.25) is 0 Å². The van der Waals surface area contributed by atoms with E-state index in [1.54, 1.807) is 6.20 Å². The van der Waals surface area contributed by atoms with Crippen LogP contribution in [0.5, 0.6) is 0 Å². The molecule has 8 heteroatoms. The number of amides is 1. The van der Waals surface area contributed by atoms with Gasteiger partial charge in [0.2, 0.25) is 5.91 Å². The van der Waals surface area contributed by atoms with Gasteiger partial charge in [-0.2, -0.15) is 0 Å². The van der Waals surface area contributed by atoms with Crippen LogP contribution >= 0.6 is 0 Å². The number of nitrogens with one attached hydrogen (secondary N) is 2. The standard InChI is InChI=1S/C22H26N6O2/c1-3-14-10-15(25-20(29)7-6-16-5-4-13(2)30-16)11-17(14)22-27-26-19-12-24-21-18(28(19)22)8-9-23-21/h4-5,8-9,12,14-15,17,23H,3,6-7,10-11H2,1-2H3,(H,25,29)/t14-,15+,17+/m1/s1. The summed E-state index contributed by atoms with van der Waals surface area (Å²) >= 11 is 0. The third-order valence-corrected chi connectivity index (χ3v) is 6.28. The molecule has 156 valence electrons. The molecule has 4 aromatic rings. The second-order valence-corrected chi connectivity index (χ2v) is 8.24. The molecule has 5 rings (SSSR count). The average Bonchev–Trinajstić information content (AvgIpc) is 3.50. The number of hydrogen-bond donors (Lipinski definition) is 2. The number of furan rings is 1. The fraction of sp³-hybridized carbons (Fsp3) is 0.455. The van der Waals surface area contributed by atoms with Gasteiger partial charge in [0.25, 0.3) is 0 Å². The van der Waals surface area contributed by atoms with Crippen molar-refractivity contribution in [3.8, 4) is 0 Å². The Morgan fingerprint density at radius 2 is 2.20 bits per heavy atom. The third kappa shape index (κ3) is 3.36. The van der Waals surface area contributed by atoms with Gasteiger partial charge in [0.1, 0.15) is 17.3 Å². The normalized spacial score (nSPS) is 21.6. The van der Waals surface area contributed by atoms with Crippen molar-refractivity contribution in [3.05, 3.63) is 47.9 Å². The molecule has 4 heterocycles. The van der Waals surface area contributed by atoms with Gasteiger partial charge in [-0.05, 0) is 43.9 Å². The topological polar surface area (TPSA) is 101 Å². The Bertz CT molecular complexity index is 1190. The maximum atomic E-state index is 12.5. The van der Waals surface area contributed by atoms with Crippen LogP contribution in [0.15, 0.2) is 35.0 Å². The highest BCUT2D eigenvalue weighted by Gasteiger charge is 2.37. The number of rotatable bonds is 6. The minimum atomic E-state index is 0.0767. The Kier molecular flexibility index (Phi) is 4.77. The molecular weight excluding hydrogens is 380 g/mol. The van der Waals surface area contributed by atoms with Gasteiger partial charge in [-0.1, -0.05) is 13.3 Å². The van der Waals surface area contributed by atoms with Crippen molar-refractivity contribution in [2.24, 2.45) is 5.92 Å². The number of fused-ring (bicyclic) bond motifs is 3. The summed E-state index contributed by atoms with van der Waals surface area (Å²) in [4.78, 5) is 20.1. The van der Waals surface area contributed by atoms with Crippen LogP contribution in [0.1, 0.15) is 55.9 Å². The van der Waals surface area contributed by atoms with Crippen LogP contribution in [0.3, 0.4) is 0 Å². The lowest BCUT2D eigenvalue weighted by molar-refractivity contribution is -0.121. The van der Waals surface area contributed by atoms with Crippen LogP contribution < -0.4 is 5.32 Å². The predicted molar refractivity (Wildman–Crippen MR) is 112 cm³/mol. The van der Waals surface area contributed by atoms with E-state index in [1.807, 2.05) is 31.3 Å². The Balaban J connectivity index is 1.32. The fourth-order valence-electron chi connectivity index (χ4n) is 4.80. The molecule has 0 aromatic carbocycles. The van der Waals surface area contributed by atoms with Crippen molar-refractivity contribution in [2.75, 3.05) is 0 Å². The van der Waals surface area contributed by atoms with Crippen LogP contribution in [-0.2, 0) is 11.2 Å². The summed E-state index contributed by atoms with van der Waals surface area (Å²) < 4.78 is 7.67. The van der Waals surface area contributed by atoms with Gasteiger partial charge >= 0.3 is 0 Å². The SMILES string of the molecule is CC[C@@H]1C[C@H](NC(=O)CCc2ccc(C)o2)C[C@@H]1c1nnc2cnc3[nH]ccc3n12. The molecule has 0 aliphatic heterocycles. The highest BCUT2D eigenvalue weighted by molar-refractivity contribution is 5.76. The number of H-pyrrole nitrogens is 1. The van der Waals surface area contributed by atoms with E-state index in [4.69, 9.17) is 4.42 Å². The third-order valence-electron chi connectivity index (χ3n) is 6.28. The van der Waals surface area contributed by atoms with Gasteiger partial charge in [-0.15, -0.1) is 10.2 Å². The molecule has 1 aliphatic carbocycles. The van der Waals surface area contributed by atoms with Crippen LogP contribution in [0.4, 0.5) is 0 Å². The first kappa shape index (κ1) is 18.8. The molecule has 0 radical (unpaired) electrons. The molecule has 4 aromatic heterocycles.